The summed E-state index contributed by atoms with van der Waals surface area (Å²) < 4.78 is 0. The molecule has 4 rings (SSSR count). The molecule has 0 N–H and O–H groups in total. The van der Waals surface area contributed by atoms with E-state index in [1.807, 2.05) is 6.07 Å². The van der Waals surface area contributed by atoms with Gasteiger partial charge in [-0.1, -0.05) is 80.9 Å². The maximum absolute atomic E-state index is 6.11. The molecular formula is C23H22ClN3. The number of hydrogen-bond donors (Lipinski definition) is 0. The molecule has 2 aromatic heterocycles. The summed E-state index contributed by atoms with van der Waals surface area (Å²) in [6.07, 6.45) is 11.1. The number of halogens is 1. The predicted molar refractivity (Wildman–Crippen MR) is 112 cm³/mol. The second kappa shape index (κ2) is 6.58. The average molecular weight is 376 g/mol. The van der Waals surface area contributed by atoms with Crippen molar-refractivity contribution in [3.8, 4) is 0 Å². The smallest absolute Gasteiger partial charge is 0.156 e. The Kier molecular flexibility index (Phi) is 4.35. The van der Waals surface area contributed by atoms with Gasteiger partial charge in [-0.2, -0.15) is 0 Å². The van der Waals surface area contributed by atoms with Gasteiger partial charge in [-0.05, 0) is 29.0 Å². The maximum Gasteiger partial charge on any atom is 0.156 e. The molecule has 3 aromatic rings. The van der Waals surface area contributed by atoms with Crippen LogP contribution in [0.25, 0.3) is 16.6 Å². The fraction of sp³-hybridized carbons (Fsp3) is 0.261. The van der Waals surface area contributed by atoms with Crippen LogP contribution in [0.5, 0.6) is 0 Å². The second-order valence-corrected chi connectivity index (χ2v) is 8.37. The van der Waals surface area contributed by atoms with Gasteiger partial charge in [0, 0.05) is 11.6 Å². The first-order valence-electron chi connectivity index (χ1n) is 9.13. The van der Waals surface area contributed by atoms with Gasteiger partial charge in [0.1, 0.15) is 5.52 Å². The van der Waals surface area contributed by atoms with Gasteiger partial charge in [0.25, 0.3) is 0 Å². The first-order valence-corrected chi connectivity index (χ1v) is 9.51. The number of fused-ring (bicyclic) bond motifs is 1. The number of aromatic nitrogens is 3. The Morgan fingerprint density at radius 2 is 1.81 bits per heavy atom. The molecule has 0 saturated heterocycles. The molecule has 136 valence electrons. The van der Waals surface area contributed by atoms with Crippen molar-refractivity contribution in [3.05, 3.63) is 83.4 Å². The van der Waals surface area contributed by atoms with Gasteiger partial charge in [0.15, 0.2) is 5.15 Å². The largest absolute Gasteiger partial charge is 0.249 e. The standard InChI is InChI=1S/C23H22ClN3/c1-22(2,3)23(17-7-5-4-6-8-17)12-9-16(10-13-23)19-15-26-20-18(27-19)11-14-25-21(20)24/h4-12,14-15H,13H2,1-3H3. The maximum atomic E-state index is 6.11. The topological polar surface area (TPSA) is 38.7 Å². The van der Waals surface area contributed by atoms with Crippen LogP contribution in [0.3, 0.4) is 0 Å². The lowest BCUT2D eigenvalue weighted by molar-refractivity contribution is 0.237. The summed E-state index contributed by atoms with van der Waals surface area (Å²) in [6, 6.07) is 12.6. The molecule has 1 aliphatic rings. The molecule has 0 radical (unpaired) electrons. The highest BCUT2D eigenvalue weighted by Gasteiger charge is 2.41. The number of allylic oxidation sites excluding steroid dienone is 4. The number of nitrogens with zero attached hydrogens (tertiary/aromatic N) is 3. The number of pyridine rings is 1. The highest BCUT2D eigenvalue weighted by atomic mass is 35.5. The Morgan fingerprint density at radius 1 is 1.04 bits per heavy atom. The van der Waals surface area contributed by atoms with E-state index in [-0.39, 0.29) is 10.8 Å². The number of rotatable bonds is 2. The lowest BCUT2D eigenvalue weighted by Crippen LogP contribution is -2.39. The van der Waals surface area contributed by atoms with E-state index in [4.69, 9.17) is 16.6 Å². The zero-order valence-electron chi connectivity index (χ0n) is 15.8. The van der Waals surface area contributed by atoms with Gasteiger partial charge in [0.2, 0.25) is 0 Å². The fourth-order valence-electron chi connectivity index (χ4n) is 3.82. The first kappa shape index (κ1) is 17.9. The van der Waals surface area contributed by atoms with Gasteiger partial charge in [-0.3, -0.25) is 0 Å². The molecule has 3 nitrogen and oxygen atoms in total. The third kappa shape index (κ3) is 3.06. The second-order valence-electron chi connectivity index (χ2n) is 8.01. The Balaban J connectivity index is 1.73. The van der Waals surface area contributed by atoms with Gasteiger partial charge >= 0.3 is 0 Å². The zero-order valence-corrected chi connectivity index (χ0v) is 16.5. The normalized spacial score (nSPS) is 19.9. The van der Waals surface area contributed by atoms with Crippen molar-refractivity contribution in [2.45, 2.75) is 32.6 Å². The molecule has 0 amide bonds. The van der Waals surface area contributed by atoms with Crippen LogP contribution in [-0.4, -0.2) is 15.0 Å². The van der Waals surface area contributed by atoms with Crippen LogP contribution in [0.1, 0.15) is 38.4 Å². The summed E-state index contributed by atoms with van der Waals surface area (Å²) in [4.78, 5) is 13.3. The first-order chi connectivity index (χ1) is 12.9. The third-order valence-electron chi connectivity index (χ3n) is 5.53. The lowest BCUT2D eigenvalue weighted by Gasteiger charge is -2.44. The molecule has 0 saturated carbocycles. The van der Waals surface area contributed by atoms with E-state index in [2.05, 4.69) is 79.3 Å². The summed E-state index contributed by atoms with van der Waals surface area (Å²) >= 11 is 6.11. The molecule has 0 aliphatic heterocycles. The van der Waals surface area contributed by atoms with Gasteiger partial charge in [-0.15, -0.1) is 0 Å². The number of hydrogen-bond acceptors (Lipinski definition) is 3. The summed E-state index contributed by atoms with van der Waals surface area (Å²) in [5.74, 6) is 0. The SMILES string of the molecule is CC(C)(C)C1(c2ccccc2)C=CC(c2cnc3c(Cl)nccc3n2)=CC1. The highest BCUT2D eigenvalue weighted by molar-refractivity contribution is 6.33. The summed E-state index contributed by atoms with van der Waals surface area (Å²) in [5, 5.41) is 0.385. The van der Waals surface area contributed by atoms with Gasteiger partial charge in [0.05, 0.1) is 17.4 Å². The van der Waals surface area contributed by atoms with Crippen LogP contribution >= 0.6 is 11.6 Å². The Bertz CT molecular complexity index is 1050. The van der Waals surface area contributed by atoms with E-state index in [9.17, 15) is 0 Å². The van der Waals surface area contributed by atoms with E-state index >= 15 is 0 Å². The molecular weight excluding hydrogens is 354 g/mol. The van der Waals surface area contributed by atoms with Crippen molar-refractivity contribution in [2.24, 2.45) is 5.41 Å². The van der Waals surface area contributed by atoms with Crippen molar-refractivity contribution in [2.75, 3.05) is 0 Å². The average Bonchev–Trinajstić information content (AvgIpc) is 2.68. The summed E-state index contributed by atoms with van der Waals surface area (Å²) in [5.41, 5.74) is 4.72. The molecule has 0 fully saturated rings. The third-order valence-corrected chi connectivity index (χ3v) is 5.81. The molecule has 0 spiro atoms. The van der Waals surface area contributed by atoms with Crippen molar-refractivity contribution in [1.82, 2.24) is 15.0 Å². The van der Waals surface area contributed by atoms with Crippen LogP contribution in [0.4, 0.5) is 0 Å². The van der Waals surface area contributed by atoms with E-state index in [1.165, 1.54) is 5.56 Å². The molecule has 1 aliphatic carbocycles. The van der Waals surface area contributed by atoms with Crippen LogP contribution in [-0.2, 0) is 5.41 Å². The highest BCUT2D eigenvalue weighted by Crippen LogP contribution is 2.48. The summed E-state index contributed by atoms with van der Waals surface area (Å²) in [6.45, 7) is 6.90. The van der Waals surface area contributed by atoms with E-state index in [0.717, 1.165) is 23.2 Å². The molecule has 1 aromatic carbocycles. The minimum Gasteiger partial charge on any atom is -0.249 e. The molecule has 1 unspecified atom stereocenters. The molecule has 0 bridgehead atoms. The van der Waals surface area contributed by atoms with Crippen molar-refractivity contribution >= 4 is 28.2 Å². The van der Waals surface area contributed by atoms with Crippen LogP contribution in [0.2, 0.25) is 5.15 Å². The lowest BCUT2D eigenvalue weighted by atomic mass is 9.59. The summed E-state index contributed by atoms with van der Waals surface area (Å²) in [7, 11) is 0. The minimum absolute atomic E-state index is 0.0464. The van der Waals surface area contributed by atoms with Crippen LogP contribution < -0.4 is 0 Å². The van der Waals surface area contributed by atoms with Crippen molar-refractivity contribution < 1.29 is 0 Å². The van der Waals surface area contributed by atoms with Crippen molar-refractivity contribution in [3.63, 3.8) is 0 Å². The minimum atomic E-state index is -0.0464. The number of benzene rings is 1. The zero-order chi connectivity index (χ0) is 19.1. The molecule has 27 heavy (non-hydrogen) atoms. The van der Waals surface area contributed by atoms with Crippen LogP contribution in [0.15, 0.2) is 67.0 Å². The fourth-order valence-corrected chi connectivity index (χ4v) is 4.02. The Hall–Kier alpha value is -2.52. The van der Waals surface area contributed by atoms with E-state index < -0.39 is 0 Å². The molecule has 2 heterocycles. The van der Waals surface area contributed by atoms with Gasteiger partial charge < -0.3 is 0 Å². The predicted octanol–water partition coefficient (Wildman–Crippen LogP) is 6.01. The molecule has 4 heteroatoms. The quantitative estimate of drug-likeness (QED) is 0.515. The Morgan fingerprint density at radius 3 is 2.48 bits per heavy atom. The van der Waals surface area contributed by atoms with Crippen molar-refractivity contribution in [1.29, 1.82) is 0 Å². The monoisotopic (exact) mass is 375 g/mol. The van der Waals surface area contributed by atoms with E-state index in [1.54, 1.807) is 12.4 Å². The van der Waals surface area contributed by atoms with E-state index in [0.29, 0.717) is 10.7 Å². The molecule has 1 atom stereocenters. The Labute approximate surface area is 164 Å². The van der Waals surface area contributed by atoms with Crippen LogP contribution in [0, 0.1) is 5.41 Å². The van der Waals surface area contributed by atoms with Gasteiger partial charge in [-0.25, -0.2) is 15.0 Å².